The predicted octanol–water partition coefficient (Wildman–Crippen LogP) is 4.69. The molecule has 0 aliphatic heterocycles. The van der Waals surface area contributed by atoms with Gasteiger partial charge < -0.3 is 9.88 Å². The molecule has 1 unspecified atom stereocenters. The van der Waals surface area contributed by atoms with Crippen molar-refractivity contribution in [1.29, 1.82) is 0 Å². The maximum atomic E-state index is 12.7. The van der Waals surface area contributed by atoms with Crippen molar-refractivity contribution in [2.24, 2.45) is 0 Å². The summed E-state index contributed by atoms with van der Waals surface area (Å²) < 4.78 is 1.96. The molecule has 1 aliphatic carbocycles. The van der Waals surface area contributed by atoms with E-state index in [2.05, 4.69) is 28.5 Å². The largest absolute Gasteiger partial charge is 0.345 e. The Morgan fingerprint density at radius 2 is 2.00 bits per heavy atom. The molecule has 26 heavy (non-hydrogen) atoms. The molecule has 5 heteroatoms. The van der Waals surface area contributed by atoms with Crippen LogP contribution in [0.5, 0.6) is 0 Å². The third kappa shape index (κ3) is 3.58. The van der Waals surface area contributed by atoms with Gasteiger partial charge in [0.25, 0.3) is 5.91 Å². The molecule has 0 fully saturated rings. The third-order valence-electron chi connectivity index (χ3n) is 5.01. The Balaban J connectivity index is 1.44. The SMILES string of the molecule is CC(NC(=O)c1cc2c(s1)CCCCC2)c1ccc(-n2ccnc2)cc1. The molecule has 2 heterocycles. The molecule has 4 nitrogen and oxygen atoms in total. The second-order valence-corrected chi connectivity index (χ2v) is 8.01. The molecule has 1 amide bonds. The Bertz CT molecular complexity index is 857. The van der Waals surface area contributed by atoms with Crippen LogP contribution in [0, 0.1) is 0 Å². The first-order valence-electron chi connectivity index (χ1n) is 9.21. The first-order valence-corrected chi connectivity index (χ1v) is 10.0. The van der Waals surface area contributed by atoms with Crippen LogP contribution in [-0.4, -0.2) is 15.5 Å². The van der Waals surface area contributed by atoms with Crippen molar-refractivity contribution in [3.05, 3.63) is 69.9 Å². The van der Waals surface area contributed by atoms with Crippen molar-refractivity contribution < 1.29 is 4.79 Å². The first kappa shape index (κ1) is 17.0. The van der Waals surface area contributed by atoms with Gasteiger partial charge in [-0.15, -0.1) is 11.3 Å². The second-order valence-electron chi connectivity index (χ2n) is 6.88. The van der Waals surface area contributed by atoms with Crippen LogP contribution in [0.4, 0.5) is 0 Å². The summed E-state index contributed by atoms with van der Waals surface area (Å²) in [4.78, 5) is 19.0. The minimum absolute atomic E-state index is 0.0266. The van der Waals surface area contributed by atoms with E-state index in [9.17, 15) is 4.79 Å². The monoisotopic (exact) mass is 365 g/mol. The van der Waals surface area contributed by atoms with Gasteiger partial charge in [0.2, 0.25) is 0 Å². The van der Waals surface area contributed by atoms with Crippen LogP contribution in [0.2, 0.25) is 0 Å². The molecule has 4 rings (SSSR count). The fourth-order valence-electron chi connectivity index (χ4n) is 3.48. The maximum absolute atomic E-state index is 12.7. The van der Waals surface area contributed by atoms with Crippen molar-refractivity contribution in [3.63, 3.8) is 0 Å². The van der Waals surface area contributed by atoms with Crippen molar-refractivity contribution in [1.82, 2.24) is 14.9 Å². The molecule has 1 N–H and O–H groups in total. The smallest absolute Gasteiger partial charge is 0.261 e. The summed E-state index contributed by atoms with van der Waals surface area (Å²) in [5, 5.41) is 3.14. The fourth-order valence-corrected chi connectivity index (χ4v) is 4.63. The Hall–Kier alpha value is -2.40. The van der Waals surface area contributed by atoms with Gasteiger partial charge in [-0.3, -0.25) is 4.79 Å². The third-order valence-corrected chi connectivity index (χ3v) is 6.25. The highest BCUT2D eigenvalue weighted by Crippen LogP contribution is 2.29. The van der Waals surface area contributed by atoms with Gasteiger partial charge in [-0.1, -0.05) is 18.6 Å². The van der Waals surface area contributed by atoms with Crippen LogP contribution >= 0.6 is 11.3 Å². The number of hydrogen-bond acceptors (Lipinski definition) is 3. The number of thiophene rings is 1. The fraction of sp³-hybridized carbons (Fsp3) is 0.333. The van der Waals surface area contributed by atoms with Crippen LogP contribution in [0.25, 0.3) is 5.69 Å². The van der Waals surface area contributed by atoms with E-state index in [-0.39, 0.29) is 11.9 Å². The molecule has 0 radical (unpaired) electrons. The van der Waals surface area contributed by atoms with Crippen molar-refractivity contribution in [2.75, 3.05) is 0 Å². The number of aromatic nitrogens is 2. The van der Waals surface area contributed by atoms with Gasteiger partial charge in [0.1, 0.15) is 0 Å². The predicted molar refractivity (Wildman–Crippen MR) is 105 cm³/mol. The molecule has 0 saturated heterocycles. The number of carbonyl (C=O) groups excluding carboxylic acids is 1. The highest BCUT2D eigenvalue weighted by Gasteiger charge is 2.18. The summed E-state index contributed by atoms with van der Waals surface area (Å²) in [6.07, 6.45) is 11.5. The molecule has 1 atom stereocenters. The molecule has 3 aromatic rings. The Kier molecular flexibility index (Phi) is 4.89. The van der Waals surface area contributed by atoms with E-state index in [1.807, 2.05) is 29.8 Å². The van der Waals surface area contributed by atoms with E-state index in [0.717, 1.165) is 29.0 Å². The van der Waals surface area contributed by atoms with E-state index >= 15 is 0 Å². The number of benzene rings is 1. The van der Waals surface area contributed by atoms with Gasteiger partial charge in [-0.2, -0.15) is 0 Å². The van der Waals surface area contributed by atoms with E-state index in [0.29, 0.717) is 0 Å². The first-order chi connectivity index (χ1) is 12.7. The standard InChI is InChI=1S/C21H23N3OS/c1-15(16-7-9-18(10-8-16)24-12-11-22-14-24)23-21(25)20-13-17-5-3-2-4-6-19(17)26-20/h7-15H,2-6H2,1H3,(H,23,25). The summed E-state index contributed by atoms with van der Waals surface area (Å²) in [7, 11) is 0. The normalized spacial score (nSPS) is 15.1. The lowest BCUT2D eigenvalue weighted by Gasteiger charge is -2.14. The van der Waals surface area contributed by atoms with Crippen molar-refractivity contribution >= 4 is 17.2 Å². The van der Waals surface area contributed by atoms with Crippen LogP contribution in [-0.2, 0) is 12.8 Å². The minimum atomic E-state index is -0.0266. The van der Waals surface area contributed by atoms with Crippen LogP contribution in [0.15, 0.2) is 49.1 Å². The Morgan fingerprint density at radius 3 is 2.77 bits per heavy atom. The molecule has 0 spiro atoms. The number of aryl methyl sites for hydroxylation is 2. The molecule has 0 saturated carbocycles. The molecule has 1 aromatic carbocycles. The molecule has 2 aromatic heterocycles. The summed E-state index contributed by atoms with van der Waals surface area (Å²) in [5.74, 6) is 0.0364. The van der Waals surface area contributed by atoms with E-state index in [1.165, 1.54) is 29.7 Å². The number of fused-ring (bicyclic) bond motifs is 1. The van der Waals surface area contributed by atoms with Crippen LogP contribution in [0.3, 0.4) is 0 Å². The van der Waals surface area contributed by atoms with Gasteiger partial charge >= 0.3 is 0 Å². The second kappa shape index (κ2) is 7.46. The summed E-state index contributed by atoms with van der Waals surface area (Å²) in [6.45, 7) is 2.03. The van der Waals surface area contributed by atoms with Gasteiger partial charge in [0, 0.05) is 23.0 Å². The zero-order chi connectivity index (χ0) is 17.9. The lowest BCUT2D eigenvalue weighted by molar-refractivity contribution is 0.0944. The Morgan fingerprint density at radius 1 is 1.19 bits per heavy atom. The van der Waals surface area contributed by atoms with E-state index in [4.69, 9.17) is 0 Å². The van der Waals surface area contributed by atoms with E-state index in [1.54, 1.807) is 23.9 Å². The molecular formula is C21H23N3OS. The lowest BCUT2D eigenvalue weighted by atomic mass is 10.1. The number of rotatable bonds is 4. The zero-order valence-corrected chi connectivity index (χ0v) is 15.8. The molecule has 1 aliphatic rings. The number of imidazole rings is 1. The van der Waals surface area contributed by atoms with Gasteiger partial charge in [-0.05, 0) is 61.9 Å². The van der Waals surface area contributed by atoms with Crippen molar-refractivity contribution in [2.45, 2.75) is 45.1 Å². The summed E-state index contributed by atoms with van der Waals surface area (Å²) in [6, 6.07) is 10.3. The topological polar surface area (TPSA) is 46.9 Å². The molecule has 0 bridgehead atoms. The zero-order valence-electron chi connectivity index (χ0n) is 14.9. The van der Waals surface area contributed by atoms with Gasteiger partial charge in [0.15, 0.2) is 0 Å². The number of nitrogens with zero attached hydrogens (tertiary/aromatic N) is 2. The highest BCUT2D eigenvalue weighted by molar-refractivity contribution is 7.14. The van der Waals surface area contributed by atoms with Gasteiger partial charge in [0.05, 0.1) is 17.2 Å². The van der Waals surface area contributed by atoms with Crippen LogP contribution in [0.1, 0.15) is 57.9 Å². The average molecular weight is 366 g/mol. The van der Waals surface area contributed by atoms with Crippen LogP contribution < -0.4 is 5.32 Å². The molecule has 134 valence electrons. The molecular weight excluding hydrogens is 342 g/mol. The van der Waals surface area contributed by atoms with E-state index < -0.39 is 0 Å². The number of amides is 1. The number of hydrogen-bond donors (Lipinski definition) is 1. The highest BCUT2D eigenvalue weighted by atomic mass is 32.1. The Labute approximate surface area is 157 Å². The maximum Gasteiger partial charge on any atom is 0.261 e. The summed E-state index contributed by atoms with van der Waals surface area (Å²) >= 11 is 1.67. The summed E-state index contributed by atoms with van der Waals surface area (Å²) in [5.41, 5.74) is 3.54. The number of nitrogens with one attached hydrogen (secondary N) is 1. The lowest BCUT2D eigenvalue weighted by Crippen LogP contribution is -2.25. The number of carbonyl (C=O) groups is 1. The minimum Gasteiger partial charge on any atom is -0.345 e. The quantitative estimate of drug-likeness (QED) is 0.682. The van der Waals surface area contributed by atoms with Crippen molar-refractivity contribution in [3.8, 4) is 5.69 Å². The van der Waals surface area contributed by atoms with Gasteiger partial charge in [-0.25, -0.2) is 4.98 Å². The average Bonchev–Trinajstić information content (AvgIpc) is 3.28.